The third kappa shape index (κ3) is 29.1. The van der Waals surface area contributed by atoms with E-state index in [4.69, 9.17) is 43.6 Å². The van der Waals surface area contributed by atoms with Crippen LogP contribution in [0.4, 0.5) is 0 Å². The van der Waals surface area contributed by atoms with Crippen LogP contribution in [0.5, 0.6) is 0 Å². The largest absolute Gasteiger partial charge is 0.379 e. The maximum Gasteiger partial charge on any atom is 0.221 e. The fourth-order valence-electron chi connectivity index (χ4n) is 2.27. The first-order valence-electron chi connectivity index (χ1n) is 11.9. The highest BCUT2D eigenvalue weighted by atomic mass is 16.6. The Morgan fingerprint density at radius 1 is 0.545 bits per heavy atom. The summed E-state index contributed by atoms with van der Waals surface area (Å²) in [4.78, 5) is 11.2. The van der Waals surface area contributed by atoms with Crippen LogP contribution in [-0.4, -0.2) is 125 Å². The van der Waals surface area contributed by atoms with Crippen molar-refractivity contribution in [3.05, 3.63) is 0 Å². The first-order chi connectivity index (χ1) is 16.3. The van der Waals surface area contributed by atoms with Crippen LogP contribution in [-0.2, 0) is 42.7 Å². The molecule has 33 heavy (non-hydrogen) atoms. The molecular weight excluding hydrogens is 436 g/mol. The molecule has 0 unspecified atom stereocenters. The van der Waals surface area contributed by atoms with Crippen molar-refractivity contribution < 1.29 is 42.7 Å². The number of rotatable bonds is 28. The number of nitrogens with two attached hydrogens (primary N) is 1. The van der Waals surface area contributed by atoms with Gasteiger partial charge in [-0.1, -0.05) is 6.92 Å². The van der Waals surface area contributed by atoms with Gasteiger partial charge in [-0.2, -0.15) is 0 Å². The highest BCUT2D eigenvalue weighted by Crippen LogP contribution is 1.86. The molecule has 0 aromatic rings. The molecule has 0 saturated heterocycles. The summed E-state index contributed by atoms with van der Waals surface area (Å²) in [5.41, 5.74) is 5.29. The Hall–Kier alpha value is -0.890. The fourth-order valence-corrected chi connectivity index (χ4v) is 2.27. The topological polar surface area (TPSA) is 129 Å². The van der Waals surface area contributed by atoms with Crippen molar-refractivity contribution >= 4 is 5.91 Å². The van der Waals surface area contributed by atoms with Gasteiger partial charge in [0.15, 0.2) is 0 Å². The van der Waals surface area contributed by atoms with E-state index in [9.17, 15) is 4.79 Å². The van der Waals surface area contributed by atoms with E-state index in [2.05, 4.69) is 12.2 Å². The van der Waals surface area contributed by atoms with Crippen molar-refractivity contribution in [2.45, 2.75) is 19.8 Å². The standard InChI is InChI=1S/C22H46N2O9/c1-2-6-26-8-10-28-12-14-30-16-18-32-20-21-33-19-17-31-15-13-29-11-9-27-7-5-24-22(25)3-4-23/h2-21,23H2,1H3,(H,24,25). The molecule has 1 amide bonds. The van der Waals surface area contributed by atoms with Crippen LogP contribution in [0.15, 0.2) is 0 Å². The normalized spacial score (nSPS) is 11.2. The van der Waals surface area contributed by atoms with Gasteiger partial charge in [0, 0.05) is 26.1 Å². The Balaban J connectivity index is 3.03. The van der Waals surface area contributed by atoms with Crippen molar-refractivity contribution in [2.75, 3.05) is 119 Å². The van der Waals surface area contributed by atoms with E-state index in [1.165, 1.54) is 0 Å². The van der Waals surface area contributed by atoms with E-state index in [-0.39, 0.29) is 5.91 Å². The number of hydrogen-bond acceptors (Lipinski definition) is 10. The summed E-state index contributed by atoms with van der Waals surface area (Å²) < 4.78 is 43.1. The lowest BCUT2D eigenvalue weighted by molar-refractivity contribution is -0.121. The summed E-state index contributed by atoms with van der Waals surface area (Å²) in [6.45, 7) is 11.6. The second-order valence-electron chi connectivity index (χ2n) is 6.79. The summed E-state index contributed by atoms with van der Waals surface area (Å²) >= 11 is 0. The van der Waals surface area contributed by atoms with Crippen LogP contribution in [0.3, 0.4) is 0 Å². The van der Waals surface area contributed by atoms with E-state index in [0.717, 1.165) is 13.0 Å². The molecule has 0 heterocycles. The summed E-state index contributed by atoms with van der Waals surface area (Å²) in [7, 11) is 0. The monoisotopic (exact) mass is 482 g/mol. The summed E-state index contributed by atoms with van der Waals surface area (Å²) in [5.74, 6) is -0.0577. The molecule has 11 heteroatoms. The molecule has 3 N–H and O–H groups in total. The number of hydrogen-bond donors (Lipinski definition) is 2. The van der Waals surface area contributed by atoms with Crippen molar-refractivity contribution in [1.82, 2.24) is 5.32 Å². The molecule has 0 fully saturated rings. The van der Waals surface area contributed by atoms with Crippen molar-refractivity contribution in [2.24, 2.45) is 5.73 Å². The number of carbonyl (C=O) groups excluding carboxylic acids is 1. The summed E-state index contributed by atoms with van der Waals surface area (Å²) in [6.07, 6.45) is 1.36. The Bertz CT molecular complexity index is 393. The van der Waals surface area contributed by atoms with E-state index in [1.54, 1.807) is 0 Å². The predicted octanol–water partition coefficient (Wildman–Crippen LogP) is -0.00580. The molecule has 0 atom stereocenters. The van der Waals surface area contributed by atoms with Crippen LogP contribution >= 0.6 is 0 Å². The minimum Gasteiger partial charge on any atom is -0.379 e. The minimum atomic E-state index is -0.0577. The lowest BCUT2D eigenvalue weighted by Crippen LogP contribution is -2.29. The third-order valence-electron chi connectivity index (χ3n) is 3.89. The van der Waals surface area contributed by atoms with Crippen LogP contribution in [0.25, 0.3) is 0 Å². The molecule has 198 valence electrons. The first-order valence-corrected chi connectivity index (χ1v) is 11.9. The first kappa shape index (κ1) is 32.1. The molecule has 0 bridgehead atoms. The smallest absolute Gasteiger partial charge is 0.221 e. The van der Waals surface area contributed by atoms with Crippen LogP contribution in [0.1, 0.15) is 19.8 Å². The lowest BCUT2D eigenvalue weighted by Gasteiger charge is -2.09. The van der Waals surface area contributed by atoms with E-state index in [0.29, 0.717) is 119 Å². The summed E-state index contributed by atoms with van der Waals surface area (Å²) in [5, 5.41) is 2.71. The lowest BCUT2D eigenvalue weighted by atomic mass is 10.4. The molecule has 0 aromatic carbocycles. The highest BCUT2D eigenvalue weighted by Gasteiger charge is 1.98. The Morgan fingerprint density at radius 3 is 1.15 bits per heavy atom. The molecule has 0 radical (unpaired) electrons. The van der Waals surface area contributed by atoms with Gasteiger partial charge in [0.2, 0.25) is 5.91 Å². The quantitative estimate of drug-likeness (QED) is 0.147. The Kier molecular flexibility index (Phi) is 28.4. The zero-order valence-electron chi connectivity index (χ0n) is 20.4. The van der Waals surface area contributed by atoms with Crippen LogP contribution in [0.2, 0.25) is 0 Å². The SMILES string of the molecule is CCCOCCOCCOCCOCCOCCOCCOCCOCCNC(=O)CCN. The van der Waals surface area contributed by atoms with Crippen LogP contribution in [0, 0.1) is 0 Å². The van der Waals surface area contributed by atoms with Gasteiger partial charge in [0.1, 0.15) is 0 Å². The van der Waals surface area contributed by atoms with Crippen molar-refractivity contribution in [3.8, 4) is 0 Å². The molecule has 11 nitrogen and oxygen atoms in total. The summed E-state index contributed by atoms with van der Waals surface area (Å²) in [6, 6.07) is 0. The molecule has 0 aliphatic carbocycles. The van der Waals surface area contributed by atoms with Gasteiger partial charge in [-0.25, -0.2) is 0 Å². The van der Waals surface area contributed by atoms with Crippen molar-refractivity contribution in [1.29, 1.82) is 0 Å². The number of nitrogens with one attached hydrogen (secondary N) is 1. The van der Waals surface area contributed by atoms with E-state index >= 15 is 0 Å². The average molecular weight is 483 g/mol. The number of carbonyl (C=O) groups is 1. The molecule has 0 aromatic heterocycles. The predicted molar refractivity (Wildman–Crippen MR) is 124 cm³/mol. The molecule has 0 rings (SSSR count). The second-order valence-corrected chi connectivity index (χ2v) is 6.79. The maximum atomic E-state index is 11.2. The molecule has 0 aliphatic rings. The second kappa shape index (κ2) is 29.1. The van der Waals surface area contributed by atoms with Gasteiger partial charge in [0.25, 0.3) is 0 Å². The average Bonchev–Trinajstić information content (AvgIpc) is 2.81. The zero-order chi connectivity index (χ0) is 24.1. The fraction of sp³-hybridized carbons (Fsp3) is 0.955. The number of amides is 1. The number of ether oxygens (including phenoxy) is 8. The van der Waals surface area contributed by atoms with Gasteiger partial charge in [-0.05, 0) is 6.42 Å². The molecule has 0 saturated carbocycles. The van der Waals surface area contributed by atoms with E-state index in [1.807, 2.05) is 0 Å². The Labute approximate surface area is 198 Å². The van der Waals surface area contributed by atoms with Gasteiger partial charge >= 0.3 is 0 Å². The highest BCUT2D eigenvalue weighted by molar-refractivity contribution is 5.75. The minimum absolute atomic E-state index is 0.0577. The van der Waals surface area contributed by atoms with Crippen LogP contribution < -0.4 is 11.1 Å². The Morgan fingerprint density at radius 2 is 0.848 bits per heavy atom. The van der Waals surface area contributed by atoms with Gasteiger partial charge in [-0.3, -0.25) is 4.79 Å². The molecular formula is C22H46N2O9. The maximum absolute atomic E-state index is 11.2. The van der Waals surface area contributed by atoms with Gasteiger partial charge in [-0.15, -0.1) is 0 Å². The third-order valence-corrected chi connectivity index (χ3v) is 3.89. The van der Waals surface area contributed by atoms with Gasteiger partial charge < -0.3 is 48.9 Å². The zero-order valence-corrected chi connectivity index (χ0v) is 20.4. The van der Waals surface area contributed by atoms with Gasteiger partial charge in [0.05, 0.1) is 99.1 Å². The van der Waals surface area contributed by atoms with Crippen molar-refractivity contribution in [3.63, 3.8) is 0 Å². The molecule has 0 spiro atoms. The molecule has 0 aliphatic heterocycles. The van der Waals surface area contributed by atoms with E-state index < -0.39 is 0 Å².